The van der Waals surface area contributed by atoms with Crippen molar-refractivity contribution in [1.82, 2.24) is 14.9 Å². The Balaban J connectivity index is 0. The summed E-state index contributed by atoms with van der Waals surface area (Å²) >= 11 is 0. The van der Waals surface area contributed by atoms with E-state index < -0.39 is 0 Å². The molecule has 4 heteroatoms. The number of aryl methyl sites for hydroxylation is 3. The molecule has 0 saturated heterocycles. The highest BCUT2D eigenvalue weighted by Crippen LogP contribution is 2.21. The van der Waals surface area contributed by atoms with Crippen LogP contribution in [-0.4, -0.2) is 14.9 Å². The lowest BCUT2D eigenvalue weighted by Gasteiger charge is -2.02. The van der Waals surface area contributed by atoms with E-state index in [1.807, 2.05) is 37.7 Å². The summed E-state index contributed by atoms with van der Waals surface area (Å²) in [4.78, 5) is 0. The van der Waals surface area contributed by atoms with E-state index >= 15 is 0 Å². The Morgan fingerprint density at radius 3 is 1.81 bits per heavy atom. The fourth-order valence-electron chi connectivity index (χ4n) is 2.03. The second-order valence-corrected chi connectivity index (χ2v) is 5.42. The maximum absolute atomic E-state index is 5.01. The van der Waals surface area contributed by atoms with Gasteiger partial charge in [0.05, 0.1) is 11.4 Å². The first-order valence-corrected chi connectivity index (χ1v) is 6.77. The first-order valence-electron chi connectivity index (χ1n) is 6.77. The van der Waals surface area contributed by atoms with Crippen molar-refractivity contribution in [3.63, 3.8) is 0 Å². The third-order valence-electron chi connectivity index (χ3n) is 2.94. The van der Waals surface area contributed by atoms with Crippen LogP contribution in [0, 0.1) is 20.8 Å². The van der Waals surface area contributed by atoms with Gasteiger partial charge in [-0.05, 0) is 46.6 Å². The normalized spacial score (nSPS) is 9.76. The zero-order valence-electron chi connectivity index (χ0n) is 13.1. The van der Waals surface area contributed by atoms with Crippen LogP contribution in [0.25, 0.3) is 0 Å². The first-order chi connectivity index (χ1) is 8.82. The summed E-state index contributed by atoms with van der Waals surface area (Å²) in [6, 6.07) is 2.50. The smallest absolute Gasteiger partial charge is 0.137 e. The molecule has 0 aliphatic rings. The summed E-state index contributed by atoms with van der Waals surface area (Å²) in [6.45, 7) is 14.5. The largest absolute Gasteiger partial charge is 0.361 e. The lowest BCUT2D eigenvalue weighted by atomic mass is 10.0. The van der Waals surface area contributed by atoms with E-state index in [0.29, 0.717) is 12.0 Å². The summed E-state index contributed by atoms with van der Waals surface area (Å²) in [5.41, 5.74) is 3.36. The SMILES string of the molecule is C.C.Cc1ccn(C(C)C)n1.Cc1noc(C)c1C(C)C. The lowest BCUT2D eigenvalue weighted by molar-refractivity contribution is 0.392. The Morgan fingerprint density at radius 2 is 1.62 bits per heavy atom. The van der Waals surface area contributed by atoms with Crippen molar-refractivity contribution < 1.29 is 4.52 Å². The third kappa shape index (κ3) is 6.15. The fraction of sp³-hybridized carbons (Fsp3) is 0.647. The van der Waals surface area contributed by atoms with E-state index in [1.165, 1.54) is 5.56 Å². The molecule has 0 saturated carbocycles. The summed E-state index contributed by atoms with van der Waals surface area (Å²) in [6.07, 6.45) is 2.00. The molecule has 0 spiro atoms. The van der Waals surface area contributed by atoms with Gasteiger partial charge in [0.25, 0.3) is 0 Å². The Bertz CT molecular complexity index is 490. The van der Waals surface area contributed by atoms with Crippen molar-refractivity contribution in [2.45, 2.75) is 75.3 Å². The third-order valence-corrected chi connectivity index (χ3v) is 2.94. The predicted molar refractivity (Wildman–Crippen MR) is 90.9 cm³/mol. The van der Waals surface area contributed by atoms with Gasteiger partial charge in [-0.15, -0.1) is 0 Å². The molecule has 0 aliphatic heterocycles. The van der Waals surface area contributed by atoms with Crippen LogP contribution in [0.2, 0.25) is 0 Å². The minimum atomic E-state index is 0. The van der Waals surface area contributed by atoms with Crippen LogP contribution < -0.4 is 0 Å². The minimum absolute atomic E-state index is 0. The van der Waals surface area contributed by atoms with Crippen molar-refractivity contribution in [2.24, 2.45) is 0 Å². The van der Waals surface area contributed by atoms with E-state index in [2.05, 4.69) is 38.0 Å². The molecule has 0 N–H and O–H groups in total. The van der Waals surface area contributed by atoms with Crippen LogP contribution in [0.5, 0.6) is 0 Å². The summed E-state index contributed by atoms with van der Waals surface area (Å²) in [5, 5.41) is 8.09. The van der Waals surface area contributed by atoms with Gasteiger partial charge >= 0.3 is 0 Å². The average Bonchev–Trinajstić information content (AvgIpc) is 2.86. The molecule has 2 aromatic rings. The Hall–Kier alpha value is -1.58. The molecule has 0 unspecified atom stereocenters. The van der Waals surface area contributed by atoms with Gasteiger partial charge in [0.15, 0.2) is 0 Å². The molecule has 0 fully saturated rings. The number of nitrogens with zero attached hydrogens (tertiary/aromatic N) is 3. The van der Waals surface area contributed by atoms with Crippen LogP contribution in [0.3, 0.4) is 0 Å². The first kappa shape index (κ1) is 21.7. The van der Waals surface area contributed by atoms with Gasteiger partial charge in [-0.3, -0.25) is 4.68 Å². The van der Waals surface area contributed by atoms with Gasteiger partial charge in [-0.25, -0.2) is 0 Å². The van der Waals surface area contributed by atoms with E-state index in [0.717, 1.165) is 17.1 Å². The molecule has 2 aromatic heterocycles. The van der Waals surface area contributed by atoms with Crippen molar-refractivity contribution in [3.05, 3.63) is 35.0 Å². The molecular formula is C17H33N3O. The van der Waals surface area contributed by atoms with Crippen LogP contribution >= 0.6 is 0 Å². The van der Waals surface area contributed by atoms with Gasteiger partial charge < -0.3 is 4.52 Å². The lowest BCUT2D eigenvalue weighted by Crippen LogP contribution is -2.00. The highest BCUT2D eigenvalue weighted by atomic mass is 16.5. The maximum atomic E-state index is 5.01. The van der Waals surface area contributed by atoms with E-state index in [1.54, 1.807) is 0 Å². The second-order valence-electron chi connectivity index (χ2n) is 5.42. The molecule has 0 amide bonds. The Labute approximate surface area is 130 Å². The number of aromatic nitrogens is 3. The predicted octanol–water partition coefficient (Wildman–Crippen LogP) is 5.46. The zero-order chi connectivity index (χ0) is 14.6. The number of rotatable bonds is 2. The molecule has 0 bridgehead atoms. The van der Waals surface area contributed by atoms with Crippen molar-refractivity contribution >= 4 is 0 Å². The van der Waals surface area contributed by atoms with Gasteiger partial charge in [0.1, 0.15) is 5.76 Å². The molecule has 0 radical (unpaired) electrons. The van der Waals surface area contributed by atoms with Gasteiger partial charge in [0.2, 0.25) is 0 Å². The van der Waals surface area contributed by atoms with Gasteiger partial charge in [0, 0.05) is 17.8 Å². The summed E-state index contributed by atoms with van der Waals surface area (Å²) in [5.74, 6) is 1.47. The number of hydrogen-bond donors (Lipinski definition) is 0. The Kier molecular flexibility index (Phi) is 9.69. The van der Waals surface area contributed by atoms with Crippen molar-refractivity contribution in [2.75, 3.05) is 0 Å². The molecule has 0 aromatic carbocycles. The molecule has 2 rings (SSSR count). The summed E-state index contributed by atoms with van der Waals surface area (Å²) < 4.78 is 6.96. The second kappa shape index (κ2) is 9.37. The molecule has 0 atom stereocenters. The maximum Gasteiger partial charge on any atom is 0.137 e. The minimum Gasteiger partial charge on any atom is -0.361 e. The molecular weight excluding hydrogens is 262 g/mol. The topological polar surface area (TPSA) is 43.9 Å². The quantitative estimate of drug-likeness (QED) is 0.739. The summed E-state index contributed by atoms with van der Waals surface area (Å²) in [7, 11) is 0. The highest BCUT2D eigenvalue weighted by molar-refractivity contribution is 5.23. The average molecular weight is 295 g/mol. The molecule has 21 heavy (non-hydrogen) atoms. The zero-order valence-corrected chi connectivity index (χ0v) is 13.1. The van der Waals surface area contributed by atoms with Gasteiger partial charge in [-0.2, -0.15) is 5.10 Å². The highest BCUT2D eigenvalue weighted by Gasteiger charge is 2.11. The molecule has 122 valence electrons. The van der Waals surface area contributed by atoms with Crippen LogP contribution in [0.4, 0.5) is 0 Å². The van der Waals surface area contributed by atoms with Gasteiger partial charge in [-0.1, -0.05) is 33.9 Å². The molecule has 0 aliphatic carbocycles. The molecule has 4 nitrogen and oxygen atoms in total. The molecule has 2 heterocycles. The van der Waals surface area contributed by atoms with Crippen LogP contribution in [-0.2, 0) is 0 Å². The Morgan fingerprint density at radius 1 is 1.05 bits per heavy atom. The van der Waals surface area contributed by atoms with Crippen LogP contribution in [0.1, 0.15) is 77.2 Å². The van der Waals surface area contributed by atoms with E-state index in [4.69, 9.17) is 4.52 Å². The van der Waals surface area contributed by atoms with E-state index in [9.17, 15) is 0 Å². The fourth-order valence-corrected chi connectivity index (χ4v) is 2.03. The number of hydrogen-bond acceptors (Lipinski definition) is 3. The standard InChI is InChI=1S/C8H13NO.C7H12N2.2CH4/c1-5(2)8-6(3)9-10-7(8)4;1-6(2)9-5-4-7(3)8-9;;/h5H,1-4H3;4-6H,1-3H3;2*1H4. The van der Waals surface area contributed by atoms with Crippen molar-refractivity contribution in [1.29, 1.82) is 0 Å². The van der Waals surface area contributed by atoms with Crippen molar-refractivity contribution in [3.8, 4) is 0 Å². The van der Waals surface area contributed by atoms with Crippen LogP contribution in [0.15, 0.2) is 16.8 Å². The van der Waals surface area contributed by atoms with E-state index in [-0.39, 0.29) is 14.9 Å². The monoisotopic (exact) mass is 295 g/mol.